The summed E-state index contributed by atoms with van der Waals surface area (Å²) in [6, 6.07) is 12.1. The van der Waals surface area contributed by atoms with Crippen LogP contribution in [0.3, 0.4) is 0 Å². The molecule has 0 aliphatic carbocycles. The Kier molecular flexibility index (Phi) is 3.49. The third kappa shape index (κ3) is 2.79. The van der Waals surface area contributed by atoms with E-state index in [1.54, 1.807) is 0 Å². The lowest BCUT2D eigenvalue weighted by atomic mass is 10.2. The number of nitrogens with zero attached hydrogens (tertiary/aromatic N) is 1. The molecule has 16 heavy (non-hydrogen) atoms. The number of benzene rings is 1. The van der Waals surface area contributed by atoms with Crippen molar-refractivity contribution in [2.24, 2.45) is 0 Å². The molecule has 1 aromatic carbocycles. The molecule has 2 aromatic rings. The molecule has 3 heteroatoms. The van der Waals surface area contributed by atoms with Gasteiger partial charge in [-0.15, -0.1) is 0 Å². The standard InChI is InChI=1S/C13H16N2O/c1-2-16-13-7-5-6-12(10-13)11-14-15-8-3-4-9-15/h3-10,14H,2,11H2,1H3. The Hall–Kier alpha value is -1.90. The highest BCUT2D eigenvalue weighted by atomic mass is 16.5. The maximum Gasteiger partial charge on any atom is 0.119 e. The molecule has 2 rings (SSSR count). The first-order valence-electron chi connectivity index (χ1n) is 5.47. The van der Waals surface area contributed by atoms with E-state index in [4.69, 9.17) is 4.74 Å². The molecule has 3 nitrogen and oxygen atoms in total. The lowest BCUT2D eigenvalue weighted by Gasteiger charge is -2.09. The topological polar surface area (TPSA) is 26.2 Å². The van der Waals surface area contributed by atoms with Crippen LogP contribution < -0.4 is 10.2 Å². The van der Waals surface area contributed by atoms with E-state index in [9.17, 15) is 0 Å². The molecule has 0 aliphatic rings. The predicted octanol–water partition coefficient (Wildman–Crippen LogP) is 2.63. The largest absolute Gasteiger partial charge is 0.494 e. The van der Waals surface area contributed by atoms with E-state index < -0.39 is 0 Å². The van der Waals surface area contributed by atoms with Gasteiger partial charge < -0.3 is 10.2 Å². The van der Waals surface area contributed by atoms with Crippen molar-refractivity contribution < 1.29 is 4.74 Å². The van der Waals surface area contributed by atoms with Crippen LogP contribution in [-0.2, 0) is 6.54 Å². The van der Waals surface area contributed by atoms with E-state index >= 15 is 0 Å². The Labute approximate surface area is 95.6 Å². The smallest absolute Gasteiger partial charge is 0.119 e. The van der Waals surface area contributed by atoms with Crippen LogP contribution in [0, 0.1) is 0 Å². The summed E-state index contributed by atoms with van der Waals surface area (Å²) in [5.41, 5.74) is 4.48. The average Bonchev–Trinajstić information content (AvgIpc) is 2.80. The van der Waals surface area contributed by atoms with Crippen LogP contribution in [0.2, 0.25) is 0 Å². The van der Waals surface area contributed by atoms with Crippen molar-refractivity contribution in [3.8, 4) is 5.75 Å². The molecule has 0 amide bonds. The van der Waals surface area contributed by atoms with E-state index in [1.807, 2.05) is 48.3 Å². The van der Waals surface area contributed by atoms with Gasteiger partial charge in [-0.05, 0) is 36.8 Å². The normalized spacial score (nSPS) is 10.1. The molecule has 0 unspecified atom stereocenters. The second kappa shape index (κ2) is 5.26. The number of ether oxygens (including phenoxy) is 1. The Bertz CT molecular complexity index is 423. The van der Waals surface area contributed by atoms with E-state index in [2.05, 4.69) is 17.6 Å². The van der Waals surface area contributed by atoms with Crippen LogP contribution in [-0.4, -0.2) is 11.3 Å². The highest BCUT2D eigenvalue weighted by molar-refractivity contribution is 5.29. The molecule has 0 fully saturated rings. The molecule has 84 valence electrons. The van der Waals surface area contributed by atoms with Gasteiger partial charge in [-0.1, -0.05) is 12.1 Å². The number of aromatic nitrogens is 1. The molecule has 1 heterocycles. The van der Waals surface area contributed by atoms with Crippen LogP contribution in [0.1, 0.15) is 12.5 Å². The fourth-order valence-electron chi connectivity index (χ4n) is 1.53. The Morgan fingerprint density at radius 1 is 1.19 bits per heavy atom. The Balaban J connectivity index is 1.96. The highest BCUT2D eigenvalue weighted by Gasteiger charge is 1.96. The molecule has 0 saturated carbocycles. The first-order chi connectivity index (χ1) is 7.88. The third-order valence-electron chi connectivity index (χ3n) is 2.28. The minimum Gasteiger partial charge on any atom is -0.494 e. The monoisotopic (exact) mass is 216 g/mol. The number of nitrogens with one attached hydrogen (secondary N) is 1. The summed E-state index contributed by atoms with van der Waals surface area (Å²) >= 11 is 0. The van der Waals surface area contributed by atoms with Gasteiger partial charge >= 0.3 is 0 Å². The lowest BCUT2D eigenvalue weighted by molar-refractivity contribution is 0.340. The summed E-state index contributed by atoms with van der Waals surface area (Å²) < 4.78 is 7.39. The van der Waals surface area contributed by atoms with Crippen molar-refractivity contribution in [1.29, 1.82) is 0 Å². The fraction of sp³-hybridized carbons (Fsp3) is 0.231. The Morgan fingerprint density at radius 2 is 2.00 bits per heavy atom. The summed E-state index contributed by atoms with van der Waals surface area (Å²) in [4.78, 5) is 0. The van der Waals surface area contributed by atoms with E-state index in [-0.39, 0.29) is 0 Å². The molecule has 0 saturated heterocycles. The number of hydrogen-bond donors (Lipinski definition) is 1. The van der Waals surface area contributed by atoms with Gasteiger partial charge in [-0.2, -0.15) is 0 Å². The Morgan fingerprint density at radius 3 is 2.75 bits per heavy atom. The first kappa shape index (κ1) is 10.6. The third-order valence-corrected chi connectivity index (χ3v) is 2.28. The van der Waals surface area contributed by atoms with Gasteiger partial charge in [-0.25, -0.2) is 0 Å². The van der Waals surface area contributed by atoms with Crippen LogP contribution >= 0.6 is 0 Å². The van der Waals surface area contributed by atoms with Gasteiger partial charge in [0.2, 0.25) is 0 Å². The average molecular weight is 216 g/mol. The summed E-state index contributed by atoms with van der Waals surface area (Å²) in [5.74, 6) is 0.925. The van der Waals surface area contributed by atoms with Crippen LogP contribution in [0.4, 0.5) is 0 Å². The van der Waals surface area contributed by atoms with Gasteiger partial charge in [0, 0.05) is 12.4 Å². The van der Waals surface area contributed by atoms with Crippen LogP contribution in [0.15, 0.2) is 48.8 Å². The fourth-order valence-corrected chi connectivity index (χ4v) is 1.53. The second-order valence-electron chi connectivity index (χ2n) is 3.51. The van der Waals surface area contributed by atoms with E-state index in [0.29, 0.717) is 6.61 Å². The van der Waals surface area contributed by atoms with Gasteiger partial charge in [0.15, 0.2) is 0 Å². The molecule has 0 radical (unpaired) electrons. The summed E-state index contributed by atoms with van der Waals surface area (Å²) in [5, 5.41) is 0. The maximum absolute atomic E-state index is 5.45. The van der Waals surface area contributed by atoms with Crippen molar-refractivity contribution in [3.05, 3.63) is 54.4 Å². The number of rotatable bonds is 5. The van der Waals surface area contributed by atoms with Gasteiger partial charge in [-0.3, -0.25) is 4.68 Å². The molecular formula is C13H16N2O. The molecular weight excluding hydrogens is 200 g/mol. The second-order valence-corrected chi connectivity index (χ2v) is 3.51. The van der Waals surface area contributed by atoms with E-state index in [1.165, 1.54) is 5.56 Å². The van der Waals surface area contributed by atoms with Crippen molar-refractivity contribution >= 4 is 0 Å². The zero-order valence-corrected chi connectivity index (χ0v) is 9.39. The van der Waals surface area contributed by atoms with Crippen LogP contribution in [0.5, 0.6) is 5.75 Å². The molecule has 1 aromatic heterocycles. The van der Waals surface area contributed by atoms with Crippen molar-refractivity contribution in [2.75, 3.05) is 12.0 Å². The van der Waals surface area contributed by atoms with Gasteiger partial charge in [0.25, 0.3) is 0 Å². The summed E-state index contributed by atoms with van der Waals surface area (Å²) in [7, 11) is 0. The minimum absolute atomic E-state index is 0.703. The predicted molar refractivity (Wildman–Crippen MR) is 65.1 cm³/mol. The van der Waals surface area contributed by atoms with Gasteiger partial charge in [0.05, 0.1) is 13.2 Å². The zero-order chi connectivity index (χ0) is 11.2. The summed E-state index contributed by atoms with van der Waals surface area (Å²) in [6.45, 7) is 3.48. The minimum atomic E-state index is 0.703. The highest BCUT2D eigenvalue weighted by Crippen LogP contribution is 2.13. The SMILES string of the molecule is CCOc1cccc(CNn2cccc2)c1. The number of hydrogen-bond acceptors (Lipinski definition) is 2. The maximum atomic E-state index is 5.45. The molecule has 1 N–H and O–H groups in total. The van der Waals surface area contributed by atoms with Crippen molar-refractivity contribution in [1.82, 2.24) is 4.68 Å². The van der Waals surface area contributed by atoms with E-state index in [0.717, 1.165) is 12.3 Å². The molecule has 0 atom stereocenters. The zero-order valence-electron chi connectivity index (χ0n) is 9.39. The molecule has 0 spiro atoms. The van der Waals surface area contributed by atoms with Gasteiger partial charge in [0.1, 0.15) is 5.75 Å². The van der Waals surface area contributed by atoms with Crippen molar-refractivity contribution in [2.45, 2.75) is 13.5 Å². The molecule has 0 aliphatic heterocycles. The van der Waals surface area contributed by atoms with Crippen molar-refractivity contribution in [3.63, 3.8) is 0 Å². The first-order valence-corrected chi connectivity index (χ1v) is 5.47. The summed E-state index contributed by atoms with van der Waals surface area (Å²) in [6.07, 6.45) is 3.96. The molecule has 0 bridgehead atoms. The lowest BCUT2D eigenvalue weighted by Crippen LogP contribution is -2.11. The quantitative estimate of drug-likeness (QED) is 0.831. The van der Waals surface area contributed by atoms with Crippen LogP contribution in [0.25, 0.3) is 0 Å².